The van der Waals surface area contributed by atoms with Crippen LogP contribution in [0, 0.1) is 0 Å². The maximum Gasteiger partial charge on any atom is 0.303 e. The van der Waals surface area contributed by atoms with E-state index in [0.717, 1.165) is 32.1 Å². The average molecular weight is 336 g/mol. The Labute approximate surface area is 145 Å². The number of aliphatic carboxylic acids is 1. The van der Waals surface area contributed by atoms with E-state index in [2.05, 4.69) is 6.92 Å². The number of aliphatic hydroxyl groups excluding tert-OH is 2. The molecule has 0 radical (unpaired) electrons. The van der Waals surface area contributed by atoms with Gasteiger partial charge >= 0.3 is 5.97 Å². The molecule has 0 fully saturated rings. The molecule has 0 bridgehead atoms. The number of carbonyl (C=O) groups is 1. The smallest absolute Gasteiger partial charge is 0.303 e. The molecule has 3 N–H and O–H groups in total. The molecule has 4 heteroatoms. The van der Waals surface area contributed by atoms with Crippen molar-refractivity contribution in [2.75, 3.05) is 0 Å². The highest BCUT2D eigenvalue weighted by atomic mass is 16.4. The van der Waals surface area contributed by atoms with E-state index in [1.54, 1.807) is 6.08 Å². The highest BCUT2D eigenvalue weighted by Crippen LogP contribution is 2.08. The summed E-state index contributed by atoms with van der Waals surface area (Å²) < 4.78 is 0. The Hall–Kier alpha value is -1.97. The Kier molecular flexibility index (Phi) is 14.6. The van der Waals surface area contributed by atoms with Crippen LogP contribution in [0.5, 0.6) is 0 Å². The Balaban J connectivity index is 3.79. The van der Waals surface area contributed by atoms with Crippen LogP contribution in [0.4, 0.5) is 0 Å². The van der Waals surface area contributed by atoms with Gasteiger partial charge in [0.25, 0.3) is 0 Å². The summed E-state index contributed by atoms with van der Waals surface area (Å²) in [6.07, 6.45) is 18.7. The number of aliphatic hydroxyl groups is 2. The summed E-state index contributed by atoms with van der Waals surface area (Å²) >= 11 is 0. The van der Waals surface area contributed by atoms with Crippen molar-refractivity contribution in [3.05, 3.63) is 48.0 Å². The molecule has 24 heavy (non-hydrogen) atoms. The Morgan fingerprint density at radius 3 is 2.12 bits per heavy atom. The molecule has 0 saturated carbocycles. The van der Waals surface area contributed by atoms with Crippen molar-refractivity contribution < 1.29 is 20.1 Å². The topological polar surface area (TPSA) is 77.8 Å². The number of carboxylic acid groups (broad SMARTS) is 1. The molecular weight excluding hydrogens is 304 g/mol. The van der Waals surface area contributed by atoms with Crippen molar-refractivity contribution in [2.45, 2.75) is 71.1 Å². The molecule has 0 atom stereocenters. The third-order valence-corrected chi connectivity index (χ3v) is 3.44. The van der Waals surface area contributed by atoms with Gasteiger partial charge in [0.2, 0.25) is 0 Å². The highest BCUT2D eigenvalue weighted by molar-refractivity contribution is 5.66. The van der Waals surface area contributed by atoms with Gasteiger partial charge in [-0.15, -0.1) is 0 Å². The van der Waals surface area contributed by atoms with Crippen molar-refractivity contribution in [1.29, 1.82) is 0 Å². The summed E-state index contributed by atoms with van der Waals surface area (Å²) in [6.45, 7) is 2.14. The third-order valence-electron chi connectivity index (χ3n) is 3.44. The molecule has 0 saturated heterocycles. The molecular formula is C20H32O4. The van der Waals surface area contributed by atoms with Crippen LogP contribution < -0.4 is 0 Å². The van der Waals surface area contributed by atoms with Gasteiger partial charge < -0.3 is 15.3 Å². The lowest BCUT2D eigenvalue weighted by Gasteiger charge is -1.98. The fourth-order valence-corrected chi connectivity index (χ4v) is 2.04. The summed E-state index contributed by atoms with van der Waals surface area (Å²) in [6, 6.07) is 0. The zero-order valence-corrected chi connectivity index (χ0v) is 14.8. The summed E-state index contributed by atoms with van der Waals surface area (Å²) in [5.74, 6) is -0.00432. The fourth-order valence-electron chi connectivity index (χ4n) is 2.04. The quantitative estimate of drug-likeness (QED) is 0.207. The van der Waals surface area contributed by atoms with E-state index >= 15 is 0 Å². The van der Waals surface area contributed by atoms with Crippen molar-refractivity contribution in [3.63, 3.8) is 0 Å². The molecule has 0 aromatic heterocycles. The van der Waals surface area contributed by atoms with Crippen molar-refractivity contribution in [2.24, 2.45) is 0 Å². The van der Waals surface area contributed by atoms with Crippen LogP contribution in [-0.2, 0) is 4.79 Å². The van der Waals surface area contributed by atoms with Gasteiger partial charge in [-0.2, -0.15) is 0 Å². The number of carboxylic acids is 1. The second-order valence-corrected chi connectivity index (χ2v) is 5.75. The molecule has 0 rings (SSSR count). The Morgan fingerprint density at radius 1 is 0.792 bits per heavy atom. The average Bonchev–Trinajstić information content (AvgIpc) is 2.53. The van der Waals surface area contributed by atoms with Gasteiger partial charge in [-0.3, -0.25) is 4.79 Å². The van der Waals surface area contributed by atoms with E-state index in [9.17, 15) is 15.0 Å². The molecule has 0 spiro atoms. The predicted octanol–water partition coefficient (Wildman–Crippen LogP) is 5.99. The van der Waals surface area contributed by atoms with Crippen LogP contribution in [0.3, 0.4) is 0 Å². The molecule has 0 aromatic carbocycles. The third kappa shape index (κ3) is 16.4. The van der Waals surface area contributed by atoms with Crippen LogP contribution >= 0.6 is 0 Å². The number of rotatable bonds is 14. The maximum atomic E-state index is 10.3. The zero-order chi connectivity index (χ0) is 18.0. The lowest BCUT2D eigenvalue weighted by Crippen LogP contribution is -1.92. The van der Waals surface area contributed by atoms with E-state index in [-0.39, 0.29) is 6.42 Å². The van der Waals surface area contributed by atoms with Crippen molar-refractivity contribution in [1.82, 2.24) is 0 Å². The summed E-state index contributed by atoms with van der Waals surface area (Å²) in [7, 11) is 0. The molecule has 0 heterocycles. The lowest BCUT2D eigenvalue weighted by molar-refractivity contribution is -0.137. The molecule has 0 amide bonds. The van der Waals surface area contributed by atoms with Crippen LogP contribution in [0.1, 0.15) is 71.1 Å². The normalized spacial score (nSPS) is 13.2. The molecule has 0 aromatic rings. The van der Waals surface area contributed by atoms with Crippen molar-refractivity contribution in [3.8, 4) is 0 Å². The summed E-state index contributed by atoms with van der Waals surface area (Å²) in [4.78, 5) is 10.3. The van der Waals surface area contributed by atoms with Crippen LogP contribution in [0.15, 0.2) is 48.0 Å². The van der Waals surface area contributed by atoms with E-state index in [1.165, 1.54) is 0 Å². The Bertz CT molecular complexity index is 445. The second kappa shape index (κ2) is 15.9. The Morgan fingerprint density at radius 2 is 1.46 bits per heavy atom. The fraction of sp³-hybridized carbons (Fsp3) is 0.550. The van der Waals surface area contributed by atoms with Crippen LogP contribution in [0.2, 0.25) is 0 Å². The van der Waals surface area contributed by atoms with E-state index in [0.29, 0.717) is 37.2 Å². The van der Waals surface area contributed by atoms with Gasteiger partial charge in [0.15, 0.2) is 0 Å². The summed E-state index contributed by atoms with van der Waals surface area (Å²) in [5, 5.41) is 27.9. The van der Waals surface area contributed by atoms with E-state index < -0.39 is 5.97 Å². The van der Waals surface area contributed by atoms with Gasteiger partial charge in [0.05, 0.1) is 11.5 Å². The molecule has 0 aliphatic carbocycles. The van der Waals surface area contributed by atoms with Gasteiger partial charge in [-0.25, -0.2) is 0 Å². The minimum absolute atomic E-state index is 0.193. The molecule has 0 aliphatic rings. The maximum absolute atomic E-state index is 10.3. The first-order chi connectivity index (χ1) is 11.6. The first kappa shape index (κ1) is 22.0. The highest BCUT2D eigenvalue weighted by Gasteiger charge is 1.93. The van der Waals surface area contributed by atoms with Crippen LogP contribution in [-0.4, -0.2) is 21.3 Å². The summed E-state index contributed by atoms with van der Waals surface area (Å²) in [5.41, 5.74) is 0. The number of hydrogen-bond acceptors (Lipinski definition) is 3. The first-order valence-corrected chi connectivity index (χ1v) is 8.84. The van der Waals surface area contributed by atoms with Gasteiger partial charge in [-0.05, 0) is 44.3 Å². The largest absolute Gasteiger partial charge is 0.513 e. The van der Waals surface area contributed by atoms with Gasteiger partial charge in [0, 0.05) is 19.3 Å². The lowest BCUT2D eigenvalue weighted by atomic mass is 10.1. The van der Waals surface area contributed by atoms with Crippen molar-refractivity contribution >= 4 is 5.97 Å². The number of unbranched alkanes of at least 4 members (excludes halogenated alkanes) is 3. The van der Waals surface area contributed by atoms with Crippen LogP contribution in [0.25, 0.3) is 0 Å². The molecule has 136 valence electrons. The van der Waals surface area contributed by atoms with E-state index in [1.807, 2.05) is 30.4 Å². The second-order valence-electron chi connectivity index (χ2n) is 5.75. The monoisotopic (exact) mass is 336 g/mol. The minimum Gasteiger partial charge on any atom is -0.513 e. The zero-order valence-electron chi connectivity index (χ0n) is 14.8. The van der Waals surface area contributed by atoms with Gasteiger partial charge in [0.1, 0.15) is 0 Å². The molecule has 0 aliphatic heterocycles. The molecule has 4 nitrogen and oxygen atoms in total. The first-order valence-electron chi connectivity index (χ1n) is 8.84. The predicted molar refractivity (Wildman–Crippen MR) is 99.2 cm³/mol. The standard InChI is InChI=1S/C20H32O4/c1-2-3-8-13-18(21)15-10-7-11-16-19(22)14-9-5-4-6-12-17-20(23)24/h4-5,7,11,14-15,21-22H,2-3,6,8-10,12-13,16-17H2,1H3,(H,23,24)/b5-4-,11-7-,18-15+,19-14+. The number of hydrogen-bond donors (Lipinski definition) is 3. The molecule has 0 unspecified atom stereocenters. The van der Waals surface area contributed by atoms with Gasteiger partial charge in [-0.1, -0.05) is 44.1 Å². The number of allylic oxidation sites excluding steroid dienone is 7. The minimum atomic E-state index is -0.767. The SMILES string of the molecule is CCCCC/C(O)=C\C/C=C\C/C(O)=C\C/C=C\CCCC(=O)O. The van der Waals surface area contributed by atoms with E-state index in [4.69, 9.17) is 5.11 Å².